The van der Waals surface area contributed by atoms with Crippen LogP contribution in [0.5, 0.6) is 0 Å². The number of amides is 3. The molecule has 0 radical (unpaired) electrons. The number of H-pyrrole nitrogens is 2. The van der Waals surface area contributed by atoms with Gasteiger partial charge in [0.05, 0.1) is 43.0 Å². The van der Waals surface area contributed by atoms with E-state index in [0.29, 0.717) is 36.1 Å². The first-order chi connectivity index (χ1) is 29.5. The quantitative estimate of drug-likeness (QED) is 0.146. The summed E-state index contributed by atoms with van der Waals surface area (Å²) in [5, 5.41) is 2.77. The number of carbonyl (C=O) groups excluding carboxylic acids is 3. The summed E-state index contributed by atoms with van der Waals surface area (Å²) in [6, 6.07) is 8.69. The van der Waals surface area contributed by atoms with Crippen LogP contribution in [-0.4, -0.2) is 73.9 Å². The van der Waals surface area contributed by atoms with Gasteiger partial charge in [-0.15, -0.1) is 0 Å². The predicted molar refractivity (Wildman–Crippen MR) is 236 cm³/mol. The van der Waals surface area contributed by atoms with Crippen molar-refractivity contribution in [1.29, 1.82) is 0 Å². The lowest BCUT2D eigenvalue weighted by molar-refractivity contribution is -0.135. The van der Waals surface area contributed by atoms with E-state index in [-0.39, 0.29) is 29.8 Å². The van der Waals surface area contributed by atoms with E-state index in [2.05, 4.69) is 58.3 Å². The second kappa shape index (κ2) is 15.8. The Hall–Kier alpha value is -4.93. The van der Waals surface area contributed by atoms with Gasteiger partial charge in [-0.05, 0) is 133 Å². The highest BCUT2D eigenvalue weighted by Crippen LogP contribution is 2.58. The van der Waals surface area contributed by atoms with E-state index in [1.807, 2.05) is 31.1 Å². The van der Waals surface area contributed by atoms with E-state index < -0.39 is 12.1 Å². The van der Waals surface area contributed by atoms with Gasteiger partial charge in [-0.2, -0.15) is 0 Å². The number of benzene rings is 2. The summed E-state index contributed by atoms with van der Waals surface area (Å²) in [5.74, 6) is 3.37. The normalized spacial score (nSPS) is 24.0. The molecule has 0 bridgehead atoms. The van der Waals surface area contributed by atoms with Crippen molar-refractivity contribution in [1.82, 2.24) is 35.1 Å². The van der Waals surface area contributed by atoms with Crippen molar-refractivity contribution >= 4 is 17.9 Å². The van der Waals surface area contributed by atoms with E-state index in [1.54, 1.807) is 0 Å². The van der Waals surface area contributed by atoms with Crippen molar-refractivity contribution < 1.29 is 19.1 Å². The number of methoxy groups -OCH3 is 1. The number of alkyl carbamates (subject to hydrolysis) is 1. The summed E-state index contributed by atoms with van der Waals surface area (Å²) in [6.45, 7) is 9.56. The number of ether oxygens (including phenoxy) is 1. The molecule has 1 spiro atoms. The zero-order chi connectivity index (χ0) is 42.2. The Kier molecular flexibility index (Phi) is 10.4. The van der Waals surface area contributed by atoms with Crippen LogP contribution in [0.15, 0.2) is 36.7 Å². The molecule has 3 N–H and O–H groups in total. The molecule has 322 valence electrons. The predicted octanol–water partition coefficient (Wildman–Crippen LogP) is 9.60. The number of likely N-dealkylation sites (tertiary alicyclic amines) is 2. The molecule has 2 aromatic carbocycles. The zero-order valence-corrected chi connectivity index (χ0v) is 36.7. The maximum atomic E-state index is 13.9. The van der Waals surface area contributed by atoms with Gasteiger partial charge in [-0.3, -0.25) is 9.59 Å². The average Bonchev–Trinajstić information content (AvgIpc) is 4.09. The highest BCUT2D eigenvalue weighted by molar-refractivity contribution is 5.87. The Morgan fingerprint density at radius 3 is 1.97 bits per heavy atom. The number of imidazole rings is 2. The number of carbonyl (C=O) groups is 3. The maximum Gasteiger partial charge on any atom is 0.407 e. The van der Waals surface area contributed by atoms with Crippen molar-refractivity contribution in [3.05, 3.63) is 70.6 Å². The van der Waals surface area contributed by atoms with Crippen molar-refractivity contribution in [2.24, 2.45) is 23.2 Å². The third-order valence-electron chi connectivity index (χ3n) is 15.6. The van der Waals surface area contributed by atoms with Crippen LogP contribution in [0.3, 0.4) is 0 Å². The van der Waals surface area contributed by atoms with Gasteiger partial charge in [-0.1, -0.05) is 64.8 Å². The van der Waals surface area contributed by atoms with E-state index in [1.165, 1.54) is 90.1 Å². The van der Waals surface area contributed by atoms with Crippen LogP contribution >= 0.6 is 0 Å². The Morgan fingerprint density at radius 2 is 1.36 bits per heavy atom. The summed E-state index contributed by atoms with van der Waals surface area (Å²) >= 11 is 0. The van der Waals surface area contributed by atoms with Crippen LogP contribution in [0.1, 0.15) is 150 Å². The molecule has 4 aliphatic carbocycles. The third-order valence-corrected chi connectivity index (χ3v) is 15.6. The Labute approximate surface area is 360 Å². The topological polar surface area (TPSA) is 136 Å². The summed E-state index contributed by atoms with van der Waals surface area (Å²) in [4.78, 5) is 60.6. The highest BCUT2D eigenvalue weighted by Gasteiger charge is 2.46. The molecule has 61 heavy (non-hydrogen) atoms. The molecule has 2 saturated carbocycles. The summed E-state index contributed by atoms with van der Waals surface area (Å²) in [5.41, 5.74) is 13.8. The fraction of sp³-hybridized carbons (Fsp3) is 0.580. The fourth-order valence-electron chi connectivity index (χ4n) is 12.4. The molecule has 11 nitrogen and oxygen atoms in total. The van der Waals surface area contributed by atoms with Gasteiger partial charge in [0.25, 0.3) is 0 Å². The standard InChI is InChI=1S/C50H63N7O4/c1-28(2)22-43(58)56-20-8-10-41(56)46-51-27-40(54-46)34-15-14-32(37-24-50(25-38(34)37)18-6-7-19-50)35-17-16-33(36-23-30-12-13-31(30)44(35)36)39-26-52-47(53-39)42-11-9-21-57(42)48(59)45(29(3)4)55-49(60)61-5/h14-17,26-31,41-42,45H,6-13,18-25H2,1-5H3,(H,51,54)(H,52,53)(H,55,60)/t30?,31?,41-,42+,45?/m0/s1. The molecule has 2 saturated heterocycles. The van der Waals surface area contributed by atoms with Crippen molar-refractivity contribution in [3.63, 3.8) is 0 Å². The monoisotopic (exact) mass is 825 g/mol. The van der Waals surface area contributed by atoms with Crippen LogP contribution < -0.4 is 5.32 Å². The lowest BCUT2D eigenvalue weighted by Crippen LogP contribution is -2.51. The van der Waals surface area contributed by atoms with Gasteiger partial charge in [0.15, 0.2) is 0 Å². The first kappa shape index (κ1) is 40.2. The number of aromatic nitrogens is 4. The number of hydrogen-bond donors (Lipinski definition) is 3. The molecule has 3 amide bonds. The largest absolute Gasteiger partial charge is 0.453 e. The lowest BCUT2D eigenvalue weighted by Gasteiger charge is -2.32. The molecule has 4 aromatic rings. The van der Waals surface area contributed by atoms with Gasteiger partial charge in [-0.25, -0.2) is 14.8 Å². The molecule has 2 aromatic heterocycles. The minimum atomic E-state index is -0.668. The fourth-order valence-corrected chi connectivity index (χ4v) is 12.4. The van der Waals surface area contributed by atoms with E-state index in [9.17, 15) is 14.4 Å². The molecule has 4 heterocycles. The molecule has 10 rings (SSSR count). The Morgan fingerprint density at radius 1 is 0.770 bits per heavy atom. The Balaban J connectivity index is 0.981. The minimum Gasteiger partial charge on any atom is -0.453 e. The summed E-state index contributed by atoms with van der Waals surface area (Å²) in [6.07, 6.45) is 18.7. The molecule has 5 atom stereocenters. The number of hydrogen-bond acceptors (Lipinski definition) is 6. The number of fused-ring (bicyclic) bond motifs is 4. The maximum absolute atomic E-state index is 13.9. The Bertz CT molecular complexity index is 2350. The molecule has 6 aliphatic rings. The SMILES string of the molecule is COC(=O)NC(C(=O)N1CCC[C@@H]1c1ncc(-c2ccc(-c3ccc(-c4cnc([C@@H]5CCCN5C(=O)CC(C)C)[nH]4)c4c3CC3(CCCC3)C4)c3c2CC2CCC32)[nH]1)C(C)C. The third kappa shape index (κ3) is 6.98. The first-order valence-electron chi connectivity index (χ1n) is 23.4. The highest BCUT2D eigenvalue weighted by atomic mass is 16.5. The van der Waals surface area contributed by atoms with Crippen LogP contribution in [0.2, 0.25) is 0 Å². The summed E-state index contributed by atoms with van der Waals surface area (Å²) < 4.78 is 4.85. The van der Waals surface area contributed by atoms with E-state index >= 15 is 0 Å². The molecule has 3 unspecified atom stereocenters. The average molecular weight is 826 g/mol. The van der Waals surface area contributed by atoms with Crippen LogP contribution in [-0.2, 0) is 33.6 Å². The number of nitrogens with zero attached hydrogens (tertiary/aromatic N) is 4. The molecule has 4 fully saturated rings. The second-order valence-electron chi connectivity index (χ2n) is 20.1. The van der Waals surface area contributed by atoms with E-state index in [4.69, 9.17) is 14.7 Å². The molecule has 2 aliphatic heterocycles. The van der Waals surface area contributed by atoms with Crippen molar-refractivity contribution in [3.8, 4) is 33.6 Å². The number of aromatic amines is 2. The zero-order valence-electron chi connectivity index (χ0n) is 36.7. The van der Waals surface area contributed by atoms with Gasteiger partial charge in [0.1, 0.15) is 17.7 Å². The van der Waals surface area contributed by atoms with Gasteiger partial charge in [0, 0.05) is 30.6 Å². The molecular formula is C50H63N7O4. The first-order valence-corrected chi connectivity index (χ1v) is 23.4. The van der Waals surface area contributed by atoms with Crippen molar-refractivity contribution in [2.45, 2.75) is 142 Å². The molecular weight excluding hydrogens is 763 g/mol. The molecule has 11 heteroatoms. The van der Waals surface area contributed by atoms with Crippen LogP contribution in [0.25, 0.3) is 33.6 Å². The number of rotatable bonds is 10. The van der Waals surface area contributed by atoms with Gasteiger partial charge in [0.2, 0.25) is 11.8 Å². The van der Waals surface area contributed by atoms with Crippen LogP contribution in [0, 0.1) is 23.2 Å². The van der Waals surface area contributed by atoms with E-state index in [0.717, 1.165) is 74.5 Å². The van der Waals surface area contributed by atoms with Gasteiger partial charge < -0.3 is 29.8 Å². The lowest BCUT2D eigenvalue weighted by atomic mass is 9.72. The van der Waals surface area contributed by atoms with Crippen LogP contribution in [0.4, 0.5) is 4.79 Å². The summed E-state index contributed by atoms with van der Waals surface area (Å²) in [7, 11) is 1.32. The smallest absolute Gasteiger partial charge is 0.407 e. The second-order valence-corrected chi connectivity index (χ2v) is 20.1. The minimum absolute atomic E-state index is 0.0168. The van der Waals surface area contributed by atoms with Crippen molar-refractivity contribution in [2.75, 3.05) is 20.2 Å². The van der Waals surface area contributed by atoms with Gasteiger partial charge >= 0.3 is 6.09 Å². The number of nitrogens with one attached hydrogen (secondary N) is 3.